The Labute approximate surface area is 185 Å². The van der Waals surface area contributed by atoms with E-state index in [1.807, 2.05) is 42.6 Å². The summed E-state index contributed by atoms with van der Waals surface area (Å²) in [6.07, 6.45) is 2.45. The summed E-state index contributed by atoms with van der Waals surface area (Å²) in [5, 5.41) is 3.48. The number of nitrogens with zero attached hydrogens (tertiary/aromatic N) is 4. The minimum Gasteiger partial charge on any atom is -0.373 e. The van der Waals surface area contributed by atoms with Crippen LogP contribution in [0.15, 0.2) is 48.7 Å². The molecule has 1 aromatic carbocycles. The molecule has 1 unspecified atom stereocenters. The quantitative estimate of drug-likeness (QED) is 0.504. The molecule has 0 fully saturated rings. The molecule has 0 spiro atoms. The van der Waals surface area contributed by atoms with Gasteiger partial charge < -0.3 is 15.8 Å². The van der Waals surface area contributed by atoms with Crippen molar-refractivity contribution in [3.8, 4) is 11.5 Å². The number of fused-ring (bicyclic) bond motifs is 2. The van der Waals surface area contributed by atoms with Gasteiger partial charge in [-0.1, -0.05) is 30.3 Å². The Morgan fingerprint density at radius 2 is 2.00 bits per heavy atom. The molecule has 5 rings (SSSR count). The van der Waals surface area contributed by atoms with Gasteiger partial charge in [0.2, 0.25) is 0 Å². The fourth-order valence-electron chi connectivity index (χ4n) is 4.21. The lowest BCUT2D eigenvalue weighted by atomic mass is 10.0. The van der Waals surface area contributed by atoms with Crippen molar-refractivity contribution in [2.24, 2.45) is 5.73 Å². The summed E-state index contributed by atoms with van der Waals surface area (Å²) in [6.45, 7) is 5.15. The zero-order valence-corrected chi connectivity index (χ0v) is 18.0. The van der Waals surface area contributed by atoms with Crippen LogP contribution in [0.2, 0.25) is 0 Å². The average Bonchev–Trinajstić information content (AvgIpc) is 3.13. The Hall–Kier alpha value is -3.78. The number of nitrogens with one attached hydrogen (secondary N) is 1. The van der Waals surface area contributed by atoms with E-state index in [0.717, 1.165) is 34.0 Å². The molecule has 1 amide bonds. The highest BCUT2D eigenvalue weighted by molar-refractivity contribution is 5.99. The van der Waals surface area contributed by atoms with Gasteiger partial charge >= 0.3 is 0 Å². The van der Waals surface area contributed by atoms with Crippen molar-refractivity contribution in [3.63, 3.8) is 0 Å². The van der Waals surface area contributed by atoms with E-state index in [1.165, 1.54) is 0 Å². The Bertz CT molecular complexity index is 1320. The molecular formula is C24H24N6O2. The second kappa shape index (κ2) is 8.05. The summed E-state index contributed by atoms with van der Waals surface area (Å²) in [4.78, 5) is 26.3. The number of hydrogen-bond acceptors (Lipinski definition) is 6. The van der Waals surface area contributed by atoms with Crippen LogP contribution in [0, 0.1) is 6.92 Å². The van der Waals surface area contributed by atoms with E-state index in [-0.39, 0.29) is 6.10 Å². The molecule has 1 atom stereocenters. The first-order chi connectivity index (χ1) is 15.5. The van der Waals surface area contributed by atoms with E-state index in [2.05, 4.69) is 22.4 Å². The zero-order valence-electron chi connectivity index (χ0n) is 18.0. The molecule has 32 heavy (non-hydrogen) atoms. The molecule has 1 aliphatic heterocycles. The molecule has 0 saturated carbocycles. The van der Waals surface area contributed by atoms with Gasteiger partial charge in [-0.3, -0.25) is 9.20 Å². The van der Waals surface area contributed by atoms with E-state index >= 15 is 0 Å². The van der Waals surface area contributed by atoms with Gasteiger partial charge in [-0.15, -0.1) is 0 Å². The molecule has 1 aliphatic rings. The van der Waals surface area contributed by atoms with E-state index in [1.54, 1.807) is 12.1 Å². The Morgan fingerprint density at radius 1 is 1.19 bits per heavy atom. The Kier molecular flexibility index (Phi) is 5.07. The van der Waals surface area contributed by atoms with Gasteiger partial charge in [0.1, 0.15) is 17.2 Å². The predicted octanol–water partition coefficient (Wildman–Crippen LogP) is 3.44. The first kappa shape index (κ1) is 20.1. The van der Waals surface area contributed by atoms with Crippen LogP contribution in [0.4, 0.5) is 5.82 Å². The first-order valence-corrected chi connectivity index (χ1v) is 10.6. The molecule has 3 aromatic heterocycles. The number of nitrogens with two attached hydrogens (primary N) is 1. The van der Waals surface area contributed by atoms with Gasteiger partial charge in [-0.25, -0.2) is 15.0 Å². The summed E-state index contributed by atoms with van der Waals surface area (Å²) >= 11 is 0. The van der Waals surface area contributed by atoms with E-state index < -0.39 is 5.91 Å². The molecule has 3 N–H and O–H groups in total. The van der Waals surface area contributed by atoms with Crippen molar-refractivity contribution >= 4 is 17.4 Å². The largest absolute Gasteiger partial charge is 0.373 e. The maximum Gasteiger partial charge on any atom is 0.252 e. The highest BCUT2D eigenvalue weighted by Gasteiger charge is 2.26. The lowest BCUT2D eigenvalue weighted by molar-refractivity contribution is 0.0544. The van der Waals surface area contributed by atoms with Crippen LogP contribution in [-0.4, -0.2) is 31.9 Å². The normalized spacial score (nSPS) is 15.5. The Morgan fingerprint density at radius 3 is 2.78 bits per heavy atom. The van der Waals surface area contributed by atoms with Crippen LogP contribution in [0.3, 0.4) is 0 Å². The molecule has 162 valence electrons. The van der Waals surface area contributed by atoms with Gasteiger partial charge in [-0.2, -0.15) is 0 Å². The third-order valence-electron chi connectivity index (χ3n) is 5.74. The summed E-state index contributed by atoms with van der Waals surface area (Å²) in [5.41, 5.74) is 11.0. The van der Waals surface area contributed by atoms with Crippen molar-refractivity contribution in [1.82, 2.24) is 19.4 Å². The SMILES string of the molecule is Cc1nc2c(C(N)=O)cccn2c1-c1nc2c(c(NCc3ccccc3)n1)C(C)OCC2. The number of hydrogen-bond donors (Lipinski definition) is 2. The first-order valence-electron chi connectivity index (χ1n) is 10.6. The van der Waals surface area contributed by atoms with Crippen LogP contribution in [0.5, 0.6) is 0 Å². The van der Waals surface area contributed by atoms with Crippen LogP contribution in [0.25, 0.3) is 17.2 Å². The number of pyridine rings is 1. The van der Waals surface area contributed by atoms with E-state index in [0.29, 0.717) is 36.6 Å². The maximum atomic E-state index is 11.9. The number of amides is 1. The number of ether oxygens (including phenoxy) is 1. The number of carbonyl (C=O) groups is 1. The third-order valence-corrected chi connectivity index (χ3v) is 5.74. The molecule has 0 aliphatic carbocycles. The van der Waals surface area contributed by atoms with E-state index in [4.69, 9.17) is 20.4 Å². The second-order valence-corrected chi connectivity index (χ2v) is 7.88. The maximum absolute atomic E-state index is 11.9. The highest BCUT2D eigenvalue weighted by Crippen LogP contribution is 2.34. The standard InChI is InChI=1S/C24H24N6O2/c1-14-20(30-11-6-9-17(21(25)31)24(30)27-14)23-28-18-10-12-32-15(2)19(18)22(29-23)26-13-16-7-4-3-5-8-16/h3-9,11,15H,10,12-13H2,1-2H3,(H2,25,31)(H,26,28,29). The second-order valence-electron chi connectivity index (χ2n) is 7.88. The van der Waals surface area contributed by atoms with Crippen LogP contribution < -0.4 is 11.1 Å². The van der Waals surface area contributed by atoms with Crippen LogP contribution >= 0.6 is 0 Å². The number of carbonyl (C=O) groups excluding carboxylic acids is 1. The van der Waals surface area contributed by atoms with Gasteiger partial charge in [0, 0.05) is 24.7 Å². The smallest absolute Gasteiger partial charge is 0.252 e. The molecule has 0 radical (unpaired) electrons. The van der Waals surface area contributed by atoms with Gasteiger partial charge in [-0.05, 0) is 31.5 Å². The number of rotatable bonds is 5. The minimum absolute atomic E-state index is 0.101. The van der Waals surface area contributed by atoms with Gasteiger partial charge in [0.25, 0.3) is 5.91 Å². The Balaban J connectivity index is 1.65. The number of anilines is 1. The third kappa shape index (κ3) is 3.48. The summed E-state index contributed by atoms with van der Waals surface area (Å²) < 4.78 is 7.71. The van der Waals surface area contributed by atoms with Crippen molar-refractivity contribution in [2.75, 3.05) is 11.9 Å². The predicted molar refractivity (Wildman–Crippen MR) is 121 cm³/mol. The fourth-order valence-corrected chi connectivity index (χ4v) is 4.21. The monoisotopic (exact) mass is 428 g/mol. The zero-order chi connectivity index (χ0) is 22.2. The number of aryl methyl sites for hydroxylation is 1. The molecule has 8 heteroatoms. The minimum atomic E-state index is -0.519. The van der Waals surface area contributed by atoms with Crippen molar-refractivity contribution in [3.05, 3.63) is 76.7 Å². The molecule has 4 heterocycles. The van der Waals surface area contributed by atoms with Crippen molar-refractivity contribution in [1.29, 1.82) is 0 Å². The van der Waals surface area contributed by atoms with E-state index in [9.17, 15) is 4.79 Å². The summed E-state index contributed by atoms with van der Waals surface area (Å²) in [7, 11) is 0. The molecule has 4 aromatic rings. The van der Waals surface area contributed by atoms with Gasteiger partial charge in [0.05, 0.1) is 29.7 Å². The van der Waals surface area contributed by atoms with Crippen LogP contribution in [-0.2, 0) is 17.7 Å². The average molecular weight is 428 g/mol. The highest BCUT2D eigenvalue weighted by atomic mass is 16.5. The summed E-state index contributed by atoms with van der Waals surface area (Å²) in [5.74, 6) is 0.788. The molecular weight excluding hydrogens is 404 g/mol. The lowest BCUT2D eigenvalue weighted by Crippen LogP contribution is -2.20. The molecule has 8 nitrogen and oxygen atoms in total. The molecule has 0 saturated heterocycles. The number of imidazole rings is 1. The van der Waals surface area contributed by atoms with Crippen LogP contribution in [0.1, 0.15) is 45.9 Å². The summed E-state index contributed by atoms with van der Waals surface area (Å²) in [6, 6.07) is 13.6. The van der Waals surface area contributed by atoms with Gasteiger partial charge in [0.15, 0.2) is 5.82 Å². The lowest BCUT2D eigenvalue weighted by Gasteiger charge is -2.25. The number of aromatic nitrogens is 4. The molecule has 0 bridgehead atoms. The number of primary amides is 1. The van der Waals surface area contributed by atoms with Crippen molar-refractivity contribution < 1.29 is 9.53 Å². The number of benzene rings is 1. The fraction of sp³-hybridized carbons (Fsp3) is 0.250. The topological polar surface area (TPSA) is 107 Å². The van der Waals surface area contributed by atoms with Crippen molar-refractivity contribution in [2.45, 2.75) is 32.9 Å².